The number of phenols is 1. The number of carbonyl (C=O) groups is 1. The highest BCUT2D eigenvalue weighted by atomic mass is 32.2. The molecule has 0 spiro atoms. The molecule has 30 heavy (non-hydrogen) atoms. The van der Waals surface area contributed by atoms with Crippen molar-refractivity contribution >= 4 is 15.9 Å². The molecule has 2 aromatic carbocycles. The predicted octanol–water partition coefficient (Wildman–Crippen LogP) is 2.10. The lowest BCUT2D eigenvalue weighted by molar-refractivity contribution is -0.134. The molecule has 0 bridgehead atoms. The predicted molar refractivity (Wildman–Crippen MR) is 112 cm³/mol. The van der Waals surface area contributed by atoms with E-state index < -0.39 is 10.0 Å². The highest BCUT2D eigenvalue weighted by molar-refractivity contribution is 7.89. The van der Waals surface area contributed by atoms with Gasteiger partial charge in [-0.2, -0.15) is 4.31 Å². The molecule has 1 N–H and O–H groups in total. The van der Waals surface area contributed by atoms with Gasteiger partial charge in [0.25, 0.3) is 5.91 Å². The number of rotatable bonds is 5. The first kappa shape index (κ1) is 20.7. The van der Waals surface area contributed by atoms with Gasteiger partial charge in [0.05, 0.1) is 0 Å². The van der Waals surface area contributed by atoms with Crippen molar-refractivity contribution in [1.29, 1.82) is 0 Å². The van der Waals surface area contributed by atoms with Crippen LogP contribution in [0.3, 0.4) is 0 Å². The number of aryl methyl sites for hydroxylation is 3. The molecule has 2 aromatic rings. The highest BCUT2D eigenvalue weighted by Crippen LogP contribution is 2.28. The molecule has 0 radical (unpaired) electrons. The van der Waals surface area contributed by atoms with E-state index in [9.17, 15) is 18.3 Å². The van der Waals surface area contributed by atoms with Crippen LogP contribution < -0.4 is 4.74 Å². The van der Waals surface area contributed by atoms with Crippen LogP contribution in [0.1, 0.15) is 23.1 Å². The van der Waals surface area contributed by atoms with Crippen molar-refractivity contribution in [2.75, 3.05) is 32.8 Å². The topological polar surface area (TPSA) is 87.2 Å². The average Bonchev–Trinajstić information content (AvgIpc) is 3.21. The fourth-order valence-electron chi connectivity index (χ4n) is 4.02. The van der Waals surface area contributed by atoms with Crippen LogP contribution in [0.5, 0.6) is 11.5 Å². The fourth-order valence-corrected chi connectivity index (χ4v) is 5.61. The van der Waals surface area contributed by atoms with Gasteiger partial charge in [-0.25, -0.2) is 8.42 Å². The molecule has 0 saturated carbocycles. The van der Waals surface area contributed by atoms with Gasteiger partial charge in [-0.15, -0.1) is 0 Å². The van der Waals surface area contributed by atoms with Gasteiger partial charge in [-0.3, -0.25) is 4.79 Å². The summed E-state index contributed by atoms with van der Waals surface area (Å²) in [5.74, 6) is 0.271. The summed E-state index contributed by atoms with van der Waals surface area (Å²) in [4.78, 5) is 14.0. The molecular formula is C22H26N2O5S. The smallest absolute Gasteiger partial charge is 0.260 e. The van der Waals surface area contributed by atoms with E-state index in [1.54, 1.807) is 17.9 Å². The van der Waals surface area contributed by atoms with E-state index >= 15 is 0 Å². The summed E-state index contributed by atoms with van der Waals surface area (Å²) in [6.07, 6.45) is 3.31. The van der Waals surface area contributed by atoms with E-state index in [1.165, 1.54) is 27.6 Å². The number of carbonyl (C=O) groups excluding carboxylic acids is 1. The maximum atomic E-state index is 12.9. The van der Waals surface area contributed by atoms with Gasteiger partial charge in [-0.05, 0) is 67.1 Å². The second-order valence-corrected chi connectivity index (χ2v) is 9.74. The van der Waals surface area contributed by atoms with Crippen molar-refractivity contribution in [3.05, 3.63) is 53.1 Å². The summed E-state index contributed by atoms with van der Waals surface area (Å²) in [6.45, 7) is 2.65. The zero-order valence-corrected chi connectivity index (χ0v) is 17.8. The maximum Gasteiger partial charge on any atom is 0.260 e. The second-order valence-electron chi connectivity index (χ2n) is 7.83. The van der Waals surface area contributed by atoms with E-state index in [-0.39, 0.29) is 49.3 Å². The molecule has 1 saturated heterocycles. The molecule has 4 rings (SSSR count). The summed E-state index contributed by atoms with van der Waals surface area (Å²) in [7, 11) is -3.81. The standard InChI is InChI=1S/C22H26N2O5S/c1-16-5-8-20(25)21(13-16)30(27,28)24-11-9-23(10-12-24)22(26)15-29-19-7-6-17-3-2-4-18(17)14-19/h5-8,13-14,25H,2-4,9-12,15H2,1H3. The molecule has 7 nitrogen and oxygen atoms in total. The normalized spacial score (nSPS) is 17.0. The van der Waals surface area contributed by atoms with Crippen LogP contribution >= 0.6 is 0 Å². The van der Waals surface area contributed by atoms with Crippen molar-refractivity contribution in [3.8, 4) is 11.5 Å². The monoisotopic (exact) mass is 430 g/mol. The number of benzene rings is 2. The van der Waals surface area contributed by atoms with E-state index in [0.717, 1.165) is 24.8 Å². The van der Waals surface area contributed by atoms with Crippen LogP contribution in [0, 0.1) is 6.92 Å². The molecule has 1 heterocycles. The summed E-state index contributed by atoms with van der Waals surface area (Å²) in [5.41, 5.74) is 3.40. The number of sulfonamides is 1. The molecule has 1 aliphatic heterocycles. The van der Waals surface area contributed by atoms with Crippen molar-refractivity contribution < 1.29 is 23.1 Å². The SMILES string of the molecule is Cc1ccc(O)c(S(=O)(=O)N2CCN(C(=O)COc3ccc4c(c3)CCC4)CC2)c1. The summed E-state index contributed by atoms with van der Waals surface area (Å²) in [5, 5.41) is 9.99. The Hall–Kier alpha value is -2.58. The van der Waals surface area contributed by atoms with Crippen LogP contribution in [0.2, 0.25) is 0 Å². The number of amides is 1. The number of hydrogen-bond acceptors (Lipinski definition) is 5. The Morgan fingerprint density at radius 2 is 1.77 bits per heavy atom. The van der Waals surface area contributed by atoms with Gasteiger partial charge in [0.2, 0.25) is 10.0 Å². The Bertz CT molecular complexity index is 1060. The average molecular weight is 431 g/mol. The molecular weight excluding hydrogens is 404 g/mol. The van der Waals surface area contributed by atoms with Gasteiger partial charge in [-0.1, -0.05) is 12.1 Å². The third-order valence-electron chi connectivity index (χ3n) is 5.76. The largest absolute Gasteiger partial charge is 0.507 e. The van der Waals surface area contributed by atoms with Crippen molar-refractivity contribution in [3.63, 3.8) is 0 Å². The Morgan fingerprint density at radius 1 is 1.03 bits per heavy atom. The van der Waals surface area contributed by atoms with Gasteiger partial charge >= 0.3 is 0 Å². The van der Waals surface area contributed by atoms with Crippen molar-refractivity contribution in [1.82, 2.24) is 9.21 Å². The number of fused-ring (bicyclic) bond motifs is 1. The lowest BCUT2D eigenvalue weighted by Gasteiger charge is -2.34. The molecule has 0 aromatic heterocycles. The highest BCUT2D eigenvalue weighted by Gasteiger charge is 2.32. The number of hydrogen-bond donors (Lipinski definition) is 1. The summed E-state index contributed by atoms with van der Waals surface area (Å²) in [6, 6.07) is 10.5. The van der Waals surface area contributed by atoms with Crippen LogP contribution in [0.15, 0.2) is 41.3 Å². The number of piperazine rings is 1. The van der Waals surface area contributed by atoms with Crippen LogP contribution in [-0.2, 0) is 27.7 Å². The summed E-state index contributed by atoms with van der Waals surface area (Å²) >= 11 is 0. The first-order valence-electron chi connectivity index (χ1n) is 10.2. The molecule has 2 aliphatic rings. The van der Waals surface area contributed by atoms with Crippen LogP contribution in [0.4, 0.5) is 0 Å². The minimum absolute atomic E-state index is 0.0653. The first-order chi connectivity index (χ1) is 14.3. The van der Waals surface area contributed by atoms with E-state index in [2.05, 4.69) is 6.07 Å². The fraction of sp³-hybridized carbons (Fsp3) is 0.409. The van der Waals surface area contributed by atoms with Gasteiger partial charge in [0.1, 0.15) is 16.4 Å². The second kappa shape index (κ2) is 8.28. The Morgan fingerprint density at radius 3 is 2.53 bits per heavy atom. The lowest BCUT2D eigenvalue weighted by atomic mass is 10.1. The molecule has 0 unspecified atom stereocenters. The summed E-state index contributed by atoms with van der Waals surface area (Å²) < 4.78 is 32.8. The van der Waals surface area contributed by atoms with Gasteiger partial charge < -0.3 is 14.7 Å². The quantitative estimate of drug-likeness (QED) is 0.785. The van der Waals surface area contributed by atoms with Crippen molar-refractivity contribution in [2.24, 2.45) is 0 Å². The molecule has 160 valence electrons. The third-order valence-corrected chi connectivity index (χ3v) is 7.68. The van der Waals surface area contributed by atoms with E-state index in [1.807, 2.05) is 12.1 Å². The zero-order chi connectivity index (χ0) is 21.3. The van der Waals surface area contributed by atoms with Crippen molar-refractivity contribution in [2.45, 2.75) is 31.1 Å². The first-order valence-corrected chi connectivity index (χ1v) is 11.6. The molecule has 8 heteroatoms. The number of nitrogens with zero attached hydrogens (tertiary/aromatic N) is 2. The minimum atomic E-state index is -3.81. The number of ether oxygens (including phenoxy) is 1. The molecule has 0 atom stereocenters. The third kappa shape index (κ3) is 4.15. The number of phenolic OH excluding ortho intramolecular Hbond substituents is 1. The molecule has 1 aliphatic carbocycles. The Labute approximate surface area is 176 Å². The maximum absolute atomic E-state index is 12.9. The number of aromatic hydroxyl groups is 1. The Balaban J connectivity index is 1.33. The van der Waals surface area contributed by atoms with Gasteiger partial charge in [0, 0.05) is 26.2 Å². The molecule has 1 amide bonds. The van der Waals surface area contributed by atoms with E-state index in [4.69, 9.17) is 4.74 Å². The Kier molecular flexibility index (Phi) is 5.71. The van der Waals surface area contributed by atoms with E-state index in [0.29, 0.717) is 5.75 Å². The van der Waals surface area contributed by atoms with Crippen LogP contribution in [0.25, 0.3) is 0 Å². The molecule has 1 fully saturated rings. The zero-order valence-electron chi connectivity index (χ0n) is 17.0. The van der Waals surface area contributed by atoms with Crippen LogP contribution in [-0.4, -0.2) is 61.4 Å². The lowest BCUT2D eigenvalue weighted by Crippen LogP contribution is -2.51. The van der Waals surface area contributed by atoms with Gasteiger partial charge in [0.15, 0.2) is 6.61 Å². The minimum Gasteiger partial charge on any atom is -0.507 e.